The Bertz CT molecular complexity index is 951. The number of nitrogens with one attached hydrogen (secondary N) is 1. The first kappa shape index (κ1) is 20.5. The van der Waals surface area contributed by atoms with Crippen LogP contribution in [0, 0.1) is 0 Å². The molecule has 0 spiro atoms. The van der Waals surface area contributed by atoms with Crippen molar-refractivity contribution in [1.29, 1.82) is 0 Å². The van der Waals surface area contributed by atoms with Gasteiger partial charge in [-0.05, 0) is 55.5 Å². The quantitative estimate of drug-likeness (QED) is 0.492. The third kappa shape index (κ3) is 5.38. The molecule has 3 aromatic rings. The fourth-order valence-corrected chi connectivity index (χ4v) is 3.33. The van der Waals surface area contributed by atoms with Crippen LogP contribution < -0.4 is 10.1 Å². The minimum atomic E-state index is -0.202. The smallest absolute Gasteiger partial charge is 0.234 e. The Labute approximate surface area is 177 Å². The van der Waals surface area contributed by atoms with Crippen molar-refractivity contribution >= 4 is 46.6 Å². The lowest BCUT2D eigenvalue weighted by atomic mass is 10.1. The van der Waals surface area contributed by atoms with E-state index in [4.69, 9.17) is 27.9 Å². The summed E-state index contributed by atoms with van der Waals surface area (Å²) in [5, 5.41) is 12.5. The van der Waals surface area contributed by atoms with Crippen LogP contribution in [0.15, 0.2) is 59.6 Å². The van der Waals surface area contributed by atoms with Crippen molar-refractivity contribution in [2.75, 3.05) is 17.7 Å². The van der Waals surface area contributed by atoms with Gasteiger partial charge in [-0.3, -0.25) is 4.79 Å². The summed E-state index contributed by atoms with van der Waals surface area (Å²) in [6, 6.07) is 16.5. The van der Waals surface area contributed by atoms with Gasteiger partial charge in [0, 0.05) is 5.56 Å². The first-order chi connectivity index (χ1) is 13.6. The predicted octanol–water partition coefficient (Wildman–Crippen LogP) is 5.58. The largest absolute Gasteiger partial charge is 0.494 e. The Balaban J connectivity index is 1.56. The summed E-state index contributed by atoms with van der Waals surface area (Å²) in [7, 11) is 0. The van der Waals surface area contributed by atoms with Crippen LogP contribution in [-0.2, 0) is 4.79 Å². The van der Waals surface area contributed by atoms with E-state index in [0.717, 1.165) is 17.0 Å². The summed E-state index contributed by atoms with van der Waals surface area (Å²) in [4.78, 5) is 12.1. The van der Waals surface area contributed by atoms with Crippen molar-refractivity contribution in [2.24, 2.45) is 0 Å². The van der Waals surface area contributed by atoms with Crippen LogP contribution in [0.3, 0.4) is 0 Å². The molecular weight excluding hydrogens is 417 g/mol. The molecule has 144 valence electrons. The molecule has 0 radical (unpaired) electrons. The minimum absolute atomic E-state index is 0.180. The van der Waals surface area contributed by atoms with Crippen molar-refractivity contribution in [3.63, 3.8) is 0 Å². The zero-order valence-corrected chi connectivity index (χ0v) is 17.3. The summed E-state index contributed by atoms with van der Waals surface area (Å²) in [5.74, 6) is 0.795. The highest BCUT2D eigenvalue weighted by atomic mass is 35.5. The second kappa shape index (κ2) is 9.78. The molecule has 1 N–H and O–H groups in total. The van der Waals surface area contributed by atoms with Crippen molar-refractivity contribution in [3.05, 3.63) is 64.6 Å². The second-order valence-corrected chi connectivity index (χ2v) is 7.43. The second-order valence-electron chi connectivity index (χ2n) is 5.65. The zero-order chi connectivity index (χ0) is 19.9. The van der Waals surface area contributed by atoms with Gasteiger partial charge >= 0.3 is 0 Å². The molecule has 0 aliphatic carbocycles. The standard InChI is InChI=1S/C20H17Cl2N3O2S/c1-2-27-14-8-6-13(7-9-14)16-10-11-19(25-24-16)28-12-18(26)23-17-5-3-4-15(21)20(17)22/h3-11H,2,12H2,1H3,(H,23,26). The lowest BCUT2D eigenvalue weighted by Crippen LogP contribution is -2.14. The number of hydrogen-bond acceptors (Lipinski definition) is 5. The SMILES string of the molecule is CCOc1ccc(-c2ccc(SCC(=O)Nc3cccc(Cl)c3Cl)nn2)cc1. The number of aromatic nitrogens is 2. The van der Waals surface area contributed by atoms with Gasteiger partial charge in [-0.1, -0.05) is 41.0 Å². The highest BCUT2D eigenvalue weighted by Crippen LogP contribution is 2.30. The maximum absolute atomic E-state index is 12.1. The Kier molecular flexibility index (Phi) is 7.14. The van der Waals surface area contributed by atoms with Gasteiger partial charge in [0.1, 0.15) is 10.8 Å². The van der Waals surface area contributed by atoms with Gasteiger partial charge in [-0.2, -0.15) is 0 Å². The van der Waals surface area contributed by atoms with Crippen LogP contribution >= 0.6 is 35.0 Å². The van der Waals surface area contributed by atoms with Gasteiger partial charge in [0.2, 0.25) is 5.91 Å². The van der Waals surface area contributed by atoms with E-state index in [0.29, 0.717) is 27.4 Å². The first-order valence-corrected chi connectivity index (χ1v) is 10.2. The van der Waals surface area contributed by atoms with Crippen LogP contribution in [0.4, 0.5) is 5.69 Å². The number of ether oxygens (including phenoxy) is 1. The Morgan fingerprint density at radius 3 is 2.54 bits per heavy atom. The Morgan fingerprint density at radius 1 is 1.07 bits per heavy atom. The van der Waals surface area contributed by atoms with Crippen LogP contribution in [0.1, 0.15) is 6.92 Å². The normalized spacial score (nSPS) is 10.5. The third-order valence-corrected chi connectivity index (χ3v) is 5.42. The number of nitrogens with zero attached hydrogens (tertiary/aromatic N) is 2. The van der Waals surface area contributed by atoms with Crippen LogP contribution in [0.2, 0.25) is 10.0 Å². The molecule has 0 aliphatic rings. The molecule has 1 amide bonds. The summed E-state index contributed by atoms with van der Waals surface area (Å²) < 4.78 is 5.43. The molecule has 1 aromatic heterocycles. The van der Waals surface area contributed by atoms with Gasteiger partial charge in [-0.25, -0.2) is 0 Å². The van der Waals surface area contributed by atoms with E-state index >= 15 is 0 Å². The van der Waals surface area contributed by atoms with Crippen LogP contribution in [0.25, 0.3) is 11.3 Å². The van der Waals surface area contributed by atoms with Gasteiger partial charge in [-0.15, -0.1) is 10.2 Å². The summed E-state index contributed by atoms with van der Waals surface area (Å²) >= 11 is 13.3. The number of carbonyl (C=O) groups excluding carboxylic acids is 1. The maximum Gasteiger partial charge on any atom is 0.234 e. The molecule has 0 aliphatic heterocycles. The molecule has 1 heterocycles. The van der Waals surface area contributed by atoms with Crippen molar-refractivity contribution < 1.29 is 9.53 Å². The van der Waals surface area contributed by atoms with Crippen molar-refractivity contribution in [1.82, 2.24) is 10.2 Å². The fourth-order valence-electron chi connectivity index (χ4n) is 2.37. The summed E-state index contributed by atoms with van der Waals surface area (Å²) in [6.07, 6.45) is 0. The van der Waals surface area contributed by atoms with Gasteiger partial charge in [0.25, 0.3) is 0 Å². The molecule has 0 atom stereocenters. The molecule has 0 saturated carbocycles. The lowest BCUT2D eigenvalue weighted by Gasteiger charge is -2.08. The van der Waals surface area contributed by atoms with E-state index in [1.807, 2.05) is 43.3 Å². The Hall–Kier alpha value is -2.28. The number of anilines is 1. The number of thioether (sulfide) groups is 1. The van der Waals surface area contributed by atoms with E-state index in [-0.39, 0.29) is 11.7 Å². The number of rotatable bonds is 7. The maximum atomic E-state index is 12.1. The number of carbonyl (C=O) groups is 1. The number of halogens is 2. The van der Waals surface area contributed by atoms with E-state index in [1.165, 1.54) is 11.8 Å². The van der Waals surface area contributed by atoms with E-state index in [9.17, 15) is 4.79 Å². The molecule has 28 heavy (non-hydrogen) atoms. The van der Waals surface area contributed by atoms with Gasteiger partial charge in [0.05, 0.1) is 33.8 Å². The highest BCUT2D eigenvalue weighted by Gasteiger charge is 2.10. The predicted molar refractivity (Wildman–Crippen MR) is 114 cm³/mol. The van der Waals surface area contributed by atoms with Crippen molar-refractivity contribution in [2.45, 2.75) is 11.9 Å². The van der Waals surface area contributed by atoms with E-state index in [1.54, 1.807) is 18.2 Å². The summed E-state index contributed by atoms with van der Waals surface area (Å²) in [6.45, 7) is 2.57. The first-order valence-electron chi connectivity index (χ1n) is 8.50. The molecule has 3 rings (SSSR count). The van der Waals surface area contributed by atoms with E-state index < -0.39 is 0 Å². The average Bonchev–Trinajstić information content (AvgIpc) is 2.71. The number of hydrogen-bond donors (Lipinski definition) is 1. The minimum Gasteiger partial charge on any atom is -0.494 e. The molecule has 0 bridgehead atoms. The van der Waals surface area contributed by atoms with Crippen molar-refractivity contribution in [3.8, 4) is 17.0 Å². The topological polar surface area (TPSA) is 64.1 Å². The van der Waals surface area contributed by atoms with Crippen LogP contribution in [0.5, 0.6) is 5.75 Å². The number of benzene rings is 2. The lowest BCUT2D eigenvalue weighted by molar-refractivity contribution is -0.113. The monoisotopic (exact) mass is 433 g/mol. The molecule has 8 heteroatoms. The highest BCUT2D eigenvalue weighted by molar-refractivity contribution is 7.99. The molecule has 5 nitrogen and oxygen atoms in total. The molecule has 0 unspecified atom stereocenters. The zero-order valence-electron chi connectivity index (χ0n) is 15.0. The molecule has 0 fully saturated rings. The summed E-state index contributed by atoms with van der Waals surface area (Å²) in [5.41, 5.74) is 2.18. The molecule has 0 saturated heterocycles. The average molecular weight is 434 g/mol. The molecular formula is C20H17Cl2N3O2S. The third-order valence-electron chi connectivity index (χ3n) is 3.68. The van der Waals surface area contributed by atoms with Gasteiger partial charge < -0.3 is 10.1 Å². The van der Waals surface area contributed by atoms with Crippen LogP contribution in [-0.4, -0.2) is 28.5 Å². The fraction of sp³-hybridized carbons (Fsp3) is 0.150. The molecule has 2 aromatic carbocycles. The van der Waals surface area contributed by atoms with E-state index in [2.05, 4.69) is 15.5 Å². The van der Waals surface area contributed by atoms with Gasteiger partial charge in [0.15, 0.2) is 0 Å². The Morgan fingerprint density at radius 2 is 1.86 bits per heavy atom. The number of amides is 1.